The van der Waals surface area contributed by atoms with Gasteiger partial charge in [0.15, 0.2) is 0 Å². The minimum absolute atomic E-state index is 0.0444. The van der Waals surface area contributed by atoms with Crippen molar-refractivity contribution in [2.45, 2.75) is 59.0 Å². The summed E-state index contributed by atoms with van der Waals surface area (Å²) in [5.41, 5.74) is -0.513. The maximum Gasteiger partial charge on any atom is 0.410 e. The van der Waals surface area contributed by atoms with Gasteiger partial charge in [-0.2, -0.15) is 0 Å². The first kappa shape index (κ1) is 28.2. The molecular weight excluding hydrogens is 450 g/mol. The number of nitrogens with one attached hydrogen (secondary N) is 1. The van der Waals surface area contributed by atoms with Gasteiger partial charge >= 0.3 is 12.1 Å². The zero-order valence-electron chi connectivity index (χ0n) is 21.4. The Kier molecular flexibility index (Phi) is 10.6. The second kappa shape index (κ2) is 13.2. The van der Waals surface area contributed by atoms with Gasteiger partial charge in [0.2, 0.25) is 11.8 Å². The zero-order chi connectivity index (χ0) is 26.0. The molecule has 0 saturated carbocycles. The van der Waals surface area contributed by atoms with E-state index in [4.69, 9.17) is 15.9 Å². The molecule has 194 valence electrons. The van der Waals surface area contributed by atoms with Gasteiger partial charge in [-0.1, -0.05) is 12.0 Å². The highest BCUT2D eigenvalue weighted by molar-refractivity contribution is 5.88. The van der Waals surface area contributed by atoms with Gasteiger partial charge in [-0.25, -0.2) is 4.79 Å². The molecule has 35 heavy (non-hydrogen) atoms. The Bertz CT molecular complexity index is 825. The largest absolute Gasteiger partial charge is 0.465 e. The normalized spacial score (nSPS) is 18.6. The molecule has 2 rings (SSSR count). The number of hydrogen-bond acceptors (Lipinski definition) is 6. The number of rotatable bonds is 7. The molecule has 0 unspecified atom stereocenters. The van der Waals surface area contributed by atoms with Crippen molar-refractivity contribution in [1.29, 1.82) is 0 Å². The first-order valence-corrected chi connectivity index (χ1v) is 12.4. The topological polar surface area (TPSA) is 105 Å². The van der Waals surface area contributed by atoms with E-state index in [0.29, 0.717) is 39.0 Å². The van der Waals surface area contributed by atoms with E-state index in [-0.39, 0.29) is 42.9 Å². The van der Waals surface area contributed by atoms with Crippen LogP contribution in [0, 0.1) is 30.1 Å². The van der Waals surface area contributed by atoms with Crippen LogP contribution >= 0.6 is 0 Å². The molecule has 9 heteroatoms. The van der Waals surface area contributed by atoms with Crippen LogP contribution in [0.5, 0.6) is 0 Å². The van der Waals surface area contributed by atoms with Gasteiger partial charge in [0.1, 0.15) is 11.5 Å². The summed E-state index contributed by atoms with van der Waals surface area (Å²) in [5.74, 6) is 0.828. The Labute approximate surface area is 208 Å². The fourth-order valence-corrected chi connectivity index (χ4v) is 4.09. The third kappa shape index (κ3) is 9.27. The average molecular weight is 490 g/mol. The number of terminal acetylenes is 1. The Hall–Kier alpha value is -3.02. The van der Waals surface area contributed by atoms with Gasteiger partial charge in [0.05, 0.1) is 6.61 Å². The molecule has 2 saturated heterocycles. The minimum atomic E-state index is -0.804. The number of amides is 3. The van der Waals surface area contributed by atoms with Gasteiger partial charge in [0.25, 0.3) is 0 Å². The van der Waals surface area contributed by atoms with E-state index in [1.54, 1.807) is 22.8 Å². The predicted molar refractivity (Wildman–Crippen MR) is 131 cm³/mol. The summed E-state index contributed by atoms with van der Waals surface area (Å²) in [4.78, 5) is 52.5. The van der Waals surface area contributed by atoms with E-state index in [1.165, 1.54) is 0 Å². The lowest BCUT2D eigenvalue weighted by molar-refractivity contribution is -0.146. The number of hydrogen-bond donors (Lipinski definition) is 1. The highest BCUT2D eigenvalue weighted by atomic mass is 16.6. The Morgan fingerprint density at radius 2 is 1.66 bits per heavy atom. The summed E-state index contributed by atoms with van der Waals surface area (Å²) < 4.78 is 10.3. The van der Waals surface area contributed by atoms with Gasteiger partial charge < -0.3 is 24.6 Å². The van der Waals surface area contributed by atoms with E-state index in [9.17, 15) is 19.2 Å². The molecular formula is C26H39N3O6. The molecule has 2 heterocycles. The van der Waals surface area contributed by atoms with Crippen LogP contribution in [0.4, 0.5) is 4.79 Å². The summed E-state index contributed by atoms with van der Waals surface area (Å²) in [6.07, 6.45) is 11.3. The van der Waals surface area contributed by atoms with E-state index >= 15 is 0 Å². The molecule has 3 amide bonds. The monoisotopic (exact) mass is 489 g/mol. The predicted octanol–water partition coefficient (Wildman–Crippen LogP) is 2.36. The number of carbonyl (C=O) groups excluding carboxylic acids is 4. The number of esters is 1. The van der Waals surface area contributed by atoms with Crippen LogP contribution in [-0.4, -0.2) is 78.6 Å². The summed E-state index contributed by atoms with van der Waals surface area (Å²) >= 11 is 0. The Morgan fingerprint density at radius 3 is 2.20 bits per heavy atom. The molecule has 2 aliphatic rings. The molecule has 2 fully saturated rings. The van der Waals surface area contributed by atoms with Gasteiger partial charge in [-0.05, 0) is 65.4 Å². The standard InChI is InChI=1S/C26H39N3O6/c1-6-20(24(32)34-7-2)18-27-23(31)21-12-16-28(17-13-21)22(30)9-8-19-10-14-29(15-11-19)25(33)35-26(3,4)5/h1,8-9,19-21H,7,10-18H2,2-5H3,(H,27,31)/b9-8+/t20-/m0/s1. The minimum Gasteiger partial charge on any atom is -0.465 e. The zero-order valence-corrected chi connectivity index (χ0v) is 21.4. The van der Waals surface area contributed by atoms with Crippen LogP contribution in [-0.2, 0) is 23.9 Å². The van der Waals surface area contributed by atoms with Crippen LogP contribution in [0.1, 0.15) is 53.4 Å². The third-order valence-electron chi connectivity index (χ3n) is 6.13. The number of ether oxygens (including phenoxy) is 2. The molecule has 9 nitrogen and oxygen atoms in total. The Balaban J connectivity index is 1.71. The Morgan fingerprint density at radius 1 is 1.06 bits per heavy atom. The molecule has 2 aliphatic heterocycles. The maximum absolute atomic E-state index is 12.6. The molecule has 0 radical (unpaired) electrons. The van der Waals surface area contributed by atoms with Crippen molar-refractivity contribution in [1.82, 2.24) is 15.1 Å². The fraction of sp³-hybridized carbons (Fsp3) is 0.692. The van der Waals surface area contributed by atoms with E-state index in [2.05, 4.69) is 11.2 Å². The summed E-state index contributed by atoms with van der Waals surface area (Å²) in [5, 5.41) is 2.74. The summed E-state index contributed by atoms with van der Waals surface area (Å²) in [6, 6.07) is 0. The van der Waals surface area contributed by atoms with Gasteiger partial charge in [-0.15, -0.1) is 6.42 Å². The molecule has 0 aromatic heterocycles. The lowest BCUT2D eigenvalue weighted by Gasteiger charge is -2.33. The van der Waals surface area contributed by atoms with Crippen molar-refractivity contribution in [3.63, 3.8) is 0 Å². The summed E-state index contributed by atoms with van der Waals surface area (Å²) in [6.45, 7) is 9.73. The highest BCUT2D eigenvalue weighted by Gasteiger charge is 2.29. The van der Waals surface area contributed by atoms with E-state index in [1.807, 2.05) is 26.8 Å². The lowest BCUT2D eigenvalue weighted by atomic mass is 9.95. The van der Waals surface area contributed by atoms with Crippen molar-refractivity contribution < 1.29 is 28.7 Å². The van der Waals surface area contributed by atoms with Crippen LogP contribution in [0.15, 0.2) is 12.2 Å². The van der Waals surface area contributed by atoms with Crippen molar-refractivity contribution in [3.8, 4) is 12.3 Å². The smallest absolute Gasteiger partial charge is 0.410 e. The van der Waals surface area contributed by atoms with Crippen LogP contribution in [0.25, 0.3) is 0 Å². The van der Waals surface area contributed by atoms with Crippen molar-refractivity contribution in [2.24, 2.45) is 17.8 Å². The maximum atomic E-state index is 12.6. The number of carbonyl (C=O) groups is 4. The van der Waals surface area contributed by atoms with Crippen LogP contribution in [0.2, 0.25) is 0 Å². The molecule has 1 N–H and O–H groups in total. The number of allylic oxidation sites excluding steroid dienone is 1. The van der Waals surface area contributed by atoms with Gasteiger partial charge in [-0.3, -0.25) is 14.4 Å². The van der Waals surface area contributed by atoms with Crippen molar-refractivity contribution in [2.75, 3.05) is 39.3 Å². The molecule has 0 bridgehead atoms. The molecule has 0 aromatic rings. The van der Waals surface area contributed by atoms with Crippen molar-refractivity contribution in [3.05, 3.63) is 12.2 Å². The average Bonchev–Trinajstić information content (AvgIpc) is 2.82. The van der Waals surface area contributed by atoms with Crippen molar-refractivity contribution >= 4 is 23.9 Å². The van der Waals surface area contributed by atoms with Crippen LogP contribution < -0.4 is 5.32 Å². The third-order valence-corrected chi connectivity index (χ3v) is 6.13. The molecule has 0 aromatic carbocycles. The lowest BCUT2D eigenvalue weighted by Crippen LogP contribution is -2.44. The van der Waals surface area contributed by atoms with E-state index < -0.39 is 17.5 Å². The van der Waals surface area contributed by atoms with Crippen LogP contribution in [0.3, 0.4) is 0 Å². The number of piperidine rings is 2. The fourth-order valence-electron chi connectivity index (χ4n) is 4.09. The number of likely N-dealkylation sites (tertiary alicyclic amines) is 2. The molecule has 0 aliphatic carbocycles. The molecule has 0 spiro atoms. The summed E-state index contributed by atoms with van der Waals surface area (Å²) in [7, 11) is 0. The number of nitrogens with zero attached hydrogens (tertiary/aromatic N) is 2. The quantitative estimate of drug-likeness (QED) is 0.334. The molecule has 1 atom stereocenters. The second-order valence-corrected chi connectivity index (χ2v) is 9.98. The van der Waals surface area contributed by atoms with Gasteiger partial charge in [0, 0.05) is 38.6 Å². The first-order chi connectivity index (χ1) is 16.5. The first-order valence-electron chi connectivity index (χ1n) is 12.4. The van der Waals surface area contributed by atoms with E-state index in [0.717, 1.165) is 12.8 Å². The second-order valence-electron chi connectivity index (χ2n) is 9.98. The SMILES string of the molecule is C#C[C@@H](CNC(=O)C1CCN(C(=O)/C=C/C2CCN(C(=O)OC(C)(C)C)CC2)CC1)C(=O)OCC. The highest BCUT2D eigenvalue weighted by Crippen LogP contribution is 2.22.